The summed E-state index contributed by atoms with van der Waals surface area (Å²) in [5.74, 6) is 1.24. The zero-order valence-corrected chi connectivity index (χ0v) is 19.7. The largest absolute Gasteiger partial charge is 0.616 e. The van der Waals surface area contributed by atoms with E-state index in [-0.39, 0.29) is 11.2 Å². The lowest BCUT2D eigenvalue weighted by Crippen LogP contribution is -2.41. The van der Waals surface area contributed by atoms with Crippen molar-refractivity contribution in [3.8, 4) is 5.75 Å². The maximum atomic E-state index is 13.3. The van der Waals surface area contributed by atoms with Gasteiger partial charge in [-0.2, -0.15) is 0 Å². The molecule has 0 spiro atoms. The van der Waals surface area contributed by atoms with Crippen molar-refractivity contribution in [1.82, 2.24) is 10.2 Å². The zero-order chi connectivity index (χ0) is 23.0. The number of ether oxygens (including phenoxy) is 1. The number of carbonyl (C=O) groups is 1. The third-order valence-corrected chi connectivity index (χ3v) is 7.67. The minimum Gasteiger partial charge on any atom is -0.616 e. The van der Waals surface area contributed by atoms with E-state index in [4.69, 9.17) is 4.74 Å². The Labute approximate surface area is 199 Å². The lowest BCUT2D eigenvalue weighted by molar-refractivity contribution is -0.122. The smallest absolute Gasteiger partial charge is 0.234 e. The van der Waals surface area contributed by atoms with Gasteiger partial charge in [0.1, 0.15) is 11.5 Å². The number of nitrogens with zero attached hydrogens (tertiary/aromatic N) is 1. The van der Waals surface area contributed by atoms with Crippen LogP contribution in [-0.4, -0.2) is 47.9 Å². The zero-order valence-electron chi connectivity index (χ0n) is 18.9. The molecule has 33 heavy (non-hydrogen) atoms. The quantitative estimate of drug-likeness (QED) is 0.493. The Morgan fingerprint density at radius 3 is 2.33 bits per heavy atom. The number of hydrogen-bond donors (Lipinski definition) is 1. The Kier molecular flexibility index (Phi) is 8.05. The van der Waals surface area contributed by atoms with Crippen molar-refractivity contribution in [3.63, 3.8) is 0 Å². The van der Waals surface area contributed by atoms with Crippen molar-refractivity contribution in [2.45, 2.75) is 18.2 Å². The summed E-state index contributed by atoms with van der Waals surface area (Å²) < 4.78 is 18.8. The van der Waals surface area contributed by atoms with E-state index in [1.807, 2.05) is 72.8 Å². The van der Waals surface area contributed by atoms with Crippen molar-refractivity contribution >= 4 is 17.1 Å². The molecule has 0 saturated carbocycles. The Bertz CT molecular complexity index is 992. The summed E-state index contributed by atoms with van der Waals surface area (Å²) in [6.07, 6.45) is 0.902. The highest BCUT2D eigenvalue weighted by Gasteiger charge is 2.26. The molecule has 1 heterocycles. The summed E-state index contributed by atoms with van der Waals surface area (Å²) in [4.78, 5) is 14.7. The molecule has 6 heteroatoms. The van der Waals surface area contributed by atoms with Crippen LogP contribution >= 0.6 is 0 Å². The first-order valence-corrected chi connectivity index (χ1v) is 12.6. The summed E-state index contributed by atoms with van der Waals surface area (Å²) in [6, 6.07) is 25.9. The molecule has 4 rings (SSSR count). The van der Waals surface area contributed by atoms with Crippen molar-refractivity contribution in [3.05, 3.63) is 101 Å². The standard InChI is InChI=1S/C27H30N2O3S/c1-32-25-14-8-13-21-15-17-29(19-24(21)25)20-26(30)28-16-18-33(31)27(22-9-4-2-5-10-22)23-11-6-3-7-12-23/h2-14,27H,15-20H2,1H3,(H,28,30). The summed E-state index contributed by atoms with van der Waals surface area (Å²) >= 11 is -1.16. The predicted octanol–water partition coefficient (Wildman–Crippen LogP) is 3.71. The van der Waals surface area contributed by atoms with Gasteiger partial charge in [-0.3, -0.25) is 9.69 Å². The van der Waals surface area contributed by atoms with Crippen LogP contribution in [0.1, 0.15) is 27.5 Å². The van der Waals surface area contributed by atoms with E-state index >= 15 is 0 Å². The van der Waals surface area contributed by atoms with Crippen LogP contribution in [0.15, 0.2) is 78.9 Å². The number of amides is 1. The summed E-state index contributed by atoms with van der Waals surface area (Å²) in [5, 5.41) is 2.75. The highest BCUT2D eigenvalue weighted by Crippen LogP contribution is 2.31. The molecule has 1 unspecified atom stereocenters. The summed E-state index contributed by atoms with van der Waals surface area (Å²) in [5.41, 5.74) is 4.49. The van der Waals surface area contributed by atoms with Crippen LogP contribution in [-0.2, 0) is 28.9 Å². The number of methoxy groups -OCH3 is 1. The van der Waals surface area contributed by atoms with Gasteiger partial charge in [0.2, 0.25) is 5.91 Å². The van der Waals surface area contributed by atoms with Crippen molar-refractivity contribution in [2.75, 3.05) is 32.5 Å². The normalized spacial score (nSPS) is 14.5. The molecular weight excluding hydrogens is 432 g/mol. The minimum atomic E-state index is -1.16. The monoisotopic (exact) mass is 462 g/mol. The maximum absolute atomic E-state index is 13.3. The second kappa shape index (κ2) is 11.4. The first-order valence-electron chi connectivity index (χ1n) is 11.3. The Morgan fingerprint density at radius 1 is 1.03 bits per heavy atom. The highest BCUT2D eigenvalue weighted by molar-refractivity contribution is 7.91. The lowest BCUT2D eigenvalue weighted by atomic mass is 9.99. The molecule has 0 aromatic heterocycles. The number of hydrogen-bond acceptors (Lipinski definition) is 4. The molecule has 1 amide bonds. The average Bonchev–Trinajstić information content (AvgIpc) is 2.85. The van der Waals surface area contributed by atoms with E-state index in [1.165, 1.54) is 5.56 Å². The topological polar surface area (TPSA) is 64.6 Å². The van der Waals surface area contributed by atoms with Crippen molar-refractivity contribution in [2.24, 2.45) is 0 Å². The number of nitrogens with one attached hydrogen (secondary N) is 1. The average molecular weight is 463 g/mol. The first kappa shape index (κ1) is 23.4. The SMILES string of the molecule is COc1cccc2c1CN(CC(=O)NCC[S+]([O-])C(c1ccccc1)c1ccccc1)CC2. The Hall–Kier alpha value is -2.80. The van der Waals surface area contributed by atoms with Gasteiger partial charge in [-0.25, -0.2) is 0 Å². The third kappa shape index (κ3) is 5.96. The first-order chi connectivity index (χ1) is 16.2. The van der Waals surface area contributed by atoms with Gasteiger partial charge >= 0.3 is 0 Å². The van der Waals surface area contributed by atoms with Crippen molar-refractivity contribution in [1.29, 1.82) is 0 Å². The molecule has 1 aliphatic rings. The molecule has 5 nitrogen and oxygen atoms in total. The molecule has 1 atom stereocenters. The summed E-state index contributed by atoms with van der Waals surface area (Å²) in [7, 11) is 1.68. The fourth-order valence-electron chi connectivity index (χ4n) is 4.35. The van der Waals surface area contributed by atoms with E-state index in [0.29, 0.717) is 25.4 Å². The van der Waals surface area contributed by atoms with E-state index in [0.717, 1.165) is 35.4 Å². The van der Waals surface area contributed by atoms with Gasteiger partial charge in [-0.05, 0) is 29.2 Å². The van der Waals surface area contributed by atoms with Crippen LogP contribution in [0, 0.1) is 0 Å². The van der Waals surface area contributed by atoms with Gasteiger partial charge in [0.05, 0.1) is 20.2 Å². The number of benzene rings is 3. The molecular formula is C27H30N2O3S. The van der Waals surface area contributed by atoms with Gasteiger partial charge in [0, 0.05) is 29.8 Å². The molecule has 1 aliphatic heterocycles. The van der Waals surface area contributed by atoms with E-state index in [1.54, 1.807) is 7.11 Å². The van der Waals surface area contributed by atoms with Crippen LogP contribution < -0.4 is 10.1 Å². The van der Waals surface area contributed by atoms with E-state index in [2.05, 4.69) is 16.3 Å². The lowest BCUT2D eigenvalue weighted by Gasteiger charge is -2.29. The van der Waals surface area contributed by atoms with Crippen LogP contribution in [0.2, 0.25) is 0 Å². The molecule has 0 aliphatic carbocycles. The number of rotatable bonds is 9. The fourth-order valence-corrected chi connectivity index (χ4v) is 5.81. The Morgan fingerprint density at radius 2 is 1.70 bits per heavy atom. The number of carbonyl (C=O) groups excluding carboxylic acids is 1. The van der Waals surface area contributed by atoms with Crippen LogP contribution in [0.4, 0.5) is 0 Å². The second-order valence-electron chi connectivity index (χ2n) is 8.19. The van der Waals surface area contributed by atoms with E-state index in [9.17, 15) is 9.35 Å². The predicted molar refractivity (Wildman–Crippen MR) is 133 cm³/mol. The van der Waals surface area contributed by atoms with Gasteiger partial charge in [0.15, 0.2) is 5.25 Å². The molecule has 172 valence electrons. The molecule has 0 bridgehead atoms. The second-order valence-corrected chi connectivity index (χ2v) is 9.84. The molecule has 0 saturated heterocycles. The minimum absolute atomic E-state index is 0.0404. The van der Waals surface area contributed by atoms with Crippen molar-refractivity contribution < 1.29 is 14.1 Å². The molecule has 3 aromatic carbocycles. The molecule has 1 N–H and O–H groups in total. The number of fused-ring (bicyclic) bond motifs is 1. The van der Waals surface area contributed by atoms with Gasteiger partial charge in [-0.15, -0.1) is 0 Å². The maximum Gasteiger partial charge on any atom is 0.234 e. The highest BCUT2D eigenvalue weighted by atomic mass is 32.2. The van der Waals surface area contributed by atoms with E-state index < -0.39 is 11.2 Å². The molecule has 0 fully saturated rings. The van der Waals surface area contributed by atoms with Crippen LogP contribution in [0.3, 0.4) is 0 Å². The van der Waals surface area contributed by atoms with Gasteiger partial charge in [-0.1, -0.05) is 72.8 Å². The Balaban J connectivity index is 1.31. The van der Waals surface area contributed by atoms with Crippen LogP contribution in [0.5, 0.6) is 5.75 Å². The third-order valence-electron chi connectivity index (χ3n) is 5.99. The fraction of sp³-hybridized carbons (Fsp3) is 0.296. The van der Waals surface area contributed by atoms with Gasteiger partial charge in [0.25, 0.3) is 0 Å². The molecule has 0 radical (unpaired) electrons. The van der Waals surface area contributed by atoms with Gasteiger partial charge < -0.3 is 14.6 Å². The van der Waals surface area contributed by atoms with Crippen LogP contribution in [0.25, 0.3) is 0 Å². The molecule has 3 aromatic rings. The summed E-state index contributed by atoms with van der Waals surface area (Å²) in [6.45, 7) is 2.24.